The summed E-state index contributed by atoms with van der Waals surface area (Å²) in [5, 5.41) is 9.86. The molecule has 1 unspecified atom stereocenters. The van der Waals surface area contributed by atoms with Gasteiger partial charge in [-0.3, -0.25) is 4.79 Å². The van der Waals surface area contributed by atoms with Crippen LogP contribution >= 0.6 is 0 Å². The van der Waals surface area contributed by atoms with Crippen molar-refractivity contribution in [3.05, 3.63) is 102 Å². The number of hydrogen-bond donors (Lipinski definition) is 4. The van der Waals surface area contributed by atoms with E-state index in [0.717, 1.165) is 18.5 Å². The largest absolute Gasteiger partial charge is 0.383 e. The number of anilines is 1. The second-order valence-electron chi connectivity index (χ2n) is 9.14. The van der Waals surface area contributed by atoms with Gasteiger partial charge in [0.1, 0.15) is 17.5 Å². The maximum absolute atomic E-state index is 15.7. The summed E-state index contributed by atoms with van der Waals surface area (Å²) in [6.07, 6.45) is 8.24. The molecular weight excluding hydrogens is 493 g/mol. The van der Waals surface area contributed by atoms with Crippen molar-refractivity contribution in [3.63, 3.8) is 0 Å². The summed E-state index contributed by atoms with van der Waals surface area (Å²) in [7, 11) is 1.75. The molecule has 2 atom stereocenters. The molecule has 0 radical (unpaired) electrons. The first-order valence-corrected chi connectivity index (χ1v) is 13.0. The fourth-order valence-corrected chi connectivity index (χ4v) is 4.68. The van der Waals surface area contributed by atoms with E-state index in [-0.39, 0.29) is 17.8 Å². The Labute approximate surface area is 230 Å². The van der Waals surface area contributed by atoms with Crippen LogP contribution in [0, 0.1) is 5.82 Å². The Hall–Kier alpha value is -4.24. The highest BCUT2D eigenvalue weighted by Gasteiger charge is 2.28. The number of nitrogens with two attached hydrogens (primary N) is 1. The van der Waals surface area contributed by atoms with Gasteiger partial charge < -0.3 is 26.6 Å². The van der Waals surface area contributed by atoms with Crippen LogP contribution in [0.2, 0.25) is 0 Å². The van der Waals surface area contributed by atoms with Gasteiger partial charge in [-0.25, -0.2) is 14.4 Å². The first kappa shape index (κ1) is 29.3. The maximum Gasteiger partial charge on any atom is 0.246 e. The van der Waals surface area contributed by atoms with Crippen molar-refractivity contribution in [2.75, 3.05) is 25.5 Å². The first-order valence-electron chi connectivity index (χ1n) is 13.0. The van der Waals surface area contributed by atoms with E-state index in [4.69, 9.17) is 5.73 Å². The lowest BCUT2D eigenvalue weighted by Crippen LogP contribution is -2.47. The zero-order valence-corrected chi connectivity index (χ0v) is 22.9. The molecule has 3 rings (SSSR count). The summed E-state index contributed by atoms with van der Waals surface area (Å²) < 4.78 is 15.7. The smallest absolute Gasteiger partial charge is 0.246 e. The number of carbonyl (C=O) groups excluding carboxylic acids is 1. The van der Waals surface area contributed by atoms with E-state index < -0.39 is 11.9 Å². The van der Waals surface area contributed by atoms with E-state index in [1.54, 1.807) is 43.4 Å². The van der Waals surface area contributed by atoms with Crippen molar-refractivity contribution in [2.45, 2.75) is 38.8 Å². The van der Waals surface area contributed by atoms with Gasteiger partial charge in [-0.15, -0.1) is 0 Å². The van der Waals surface area contributed by atoms with Crippen LogP contribution in [-0.4, -0.2) is 48.2 Å². The third-order valence-electron chi connectivity index (χ3n) is 6.57. The van der Waals surface area contributed by atoms with Gasteiger partial charge in [0, 0.05) is 59.6 Å². The number of aromatic nitrogens is 1. The molecule has 1 saturated heterocycles. The third-order valence-corrected chi connectivity index (χ3v) is 6.57. The number of nitrogens with one attached hydrogen (secondary N) is 3. The van der Waals surface area contributed by atoms with Crippen molar-refractivity contribution < 1.29 is 9.18 Å². The Kier molecular flexibility index (Phi) is 10.6. The van der Waals surface area contributed by atoms with E-state index in [1.165, 1.54) is 12.1 Å². The van der Waals surface area contributed by atoms with Crippen LogP contribution in [0.4, 0.5) is 10.2 Å². The number of benzene rings is 1. The lowest BCUT2D eigenvalue weighted by Gasteiger charge is -2.35. The van der Waals surface area contributed by atoms with Gasteiger partial charge in [-0.1, -0.05) is 37.4 Å². The number of carbonyl (C=O) groups is 1. The minimum absolute atomic E-state index is 0.00650. The number of rotatable bonds is 11. The SMILES string of the molecule is C=CC(=O)N1CCC[C@@H](NC(=C\C)/C(=C(N)\N=C/C)C(NC)c2ccc(C(=C)Nc3ccccn3)cc2F)C1. The summed E-state index contributed by atoms with van der Waals surface area (Å²) >= 11 is 0. The number of pyridine rings is 1. The van der Waals surface area contributed by atoms with Crippen molar-refractivity contribution in [1.82, 2.24) is 20.5 Å². The molecule has 2 aromatic rings. The van der Waals surface area contributed by atoms with Crippen molar-refractivity contribution in [2.24, 2.45) is 10.7 Å². The second-order valence-corrected chi connectivity index (χ2v) is 9.14. The maximum atomic E-state index is 15.7. The number of halogens is 1. The van der Waals surface area contributed by atoms with Gasteiger partial charge in [0.15, 0.2) is 0 Å². The Bertz CT molecular complexity index is 1270. The highest BCUT2D eigenvalue weighted by Crippen LogP contribution is 2.32. The first-order chi connectivity index (χ1) is 18.8. The molecule has 2 heterocycles. The summed E-state index contributed by atoms with van der Waals surface area (Å²) in [6, 6.07) is 9.84. The Morgan fingerprint density at radius 2 is 2.10 bits per heavy atom. The molecule has 1 fully saturated rings. The van der Waals surface area contributed by atoms with E-state index in [9.17, 15) is 4.79 Å². The number of aliphatic imine (C=N–C) groups is 1. The topological polar surface area (TPSA) is 108 Å². The van der Waals surface area contributed by atoms with Crippen molar-refractivity contribution in [3.8, 4) is 0 Å². The van der Waals surface area contributed by atoms with Gasteiger partial charge in [0.05, 0.1) is 6.04 Å². The molecule has 39 heavy (non-hydrogen) atoms. The predicted octanol–water partition coefficient (Wildman–Crippen LogP) is 4.50. The van der Waals surface area contributed by atoms with Crippen LogP contribution in [0.1, 0.15) is 43.9 Å². The van der Waals surface area contributed by atoms with E-state index in [2.05, 4.69) is 39.1 Å². The number of likely N-dealkylation sites (tertiary alicyclic amines) is 1. The van der Waals surface area contributed by atoms with Gasteiger partial charge >= 0.3 is 0 Å². The number of likely N-dealkylation sites (N-methyl/N-ethyl adjacent to an activating group) is 1. The lowest BCUT2D eigenvalue weighted by atomic mass is 9.93. The summed E-state index contributed by atoms with van der Waals surface area (Å²) in [5.74, 6) is 0.369. The quantitative estimate of drug-likeness (QED) is 0.193. The van der Waals surface area contributed by atoms with Gasteiger partial charge in [-0.05, 0) is 58.0 Å². The fourth-order valence-electron chi connectivity index (χ4n) is 4.68. The van der Waals surface area contributed by atoms with E-state index in [0.29, 0.717) is 41.3 Å². The van der Waals surface area contributed by atoms with Crippen molar-refractivity contribution >= 4 is 23.6 Å². The van der Waals surface area contributed by atoms with E-state index >= 15 is 4.39 Å². The summed E-state index contributed by atoms with van der Waals surface area (Å²) in [6.45, 7) is 12.5. The van der Waals surface area contributed by atoms with Gasteiger partial charge in [0.25, 0.3) is 0 Å². The molecule has 1 aliphatic rings. The molecule has 5 N–H and O–H groups in total. The van der Waals surface area contributed by atoms with Crippen LogP contribution < -0.4 is 21.7 Å². The third kappa shape index (κ3) is 7.42. The normalized spacial score (nSPS) is 17.4. The standard InChI is InChI=1S/C30H38FN7O/c1-6-25(37-22-12-11-17-38(19-22)27(39)7-2)28(30(32)34-8-3)29(33-5)23-15-14-21(18-24(23)31)20(4)36-26-13-9-10-16-35-26/h6-10,13-16,18,22,29,33,37H,2,4,11-12,17,19,32H2,1,3,5H3,(H,35,36)/b25-6-,30-28+,34-8-/t22-,29?/m1/s1. The number of amides is 1. The molecule has 1 aromatic heterocycles. The lowest BCUT2D eigenvalue weighted by molar-refractivity contribution is -0.127. The predicted molar refractivity (Wildman–Crippen MR) is 157 cm³/mol. The monoisotopic (exact) mass is 531 g/mol. The molecule has 1 amide bonds. The van der Waals surface area contributed by atoms with Crippen LogP contribution in [-0.2, 0) is 4.79 Å². The minimum atomic E-state index is -0.604. The second kappa shape index (κ2) is 14.1. The number of hydrogen-bond acceptors (Lipinski definition) is 7. The number of allylic oxidation sites excluding steroid dienone is 1. The molecule has 9 heteroatoms. The Morgan fingerprint density at radius 3 is 2.72 bits per heavy atom. The van der Waals surface area contributed by atoms with Crippen LogP contribution in [0.15, 0.2) is 90.0 Å². The van der Waals surface area contributed by atoms with Crippen molar-refractivity contribution in [1.29, 1.82) is 0 Å². The highest BCUT2D eigenvalue weighted by molar-refractivity contribution is 5.87. The molecule has 0 aliphatic carbocycles. The molecule has 0 bridgehead atoms. The average Bonchev–Trinajstić information content (AvgIpc) is 2.95. The average molecular weight is 532 g/mol. The van der Waals surface area contributed by atoms with Gasteiger partial charge in [0.2, 0.25) is 5.91 Å². The molecular formula is C30H38FN7O. The zero-order valence-electron chi connectivity index (χ0n) is 22.9. The zero-order chi connectivity index (χ0) is 28.4. The van der Waals surface area contributed by atoms with Crippen LogP contribution in [0.3, 0.4) is 0 Å². The molecule has 8 nitrogen and oxygen atoms in total. The molecule has 206 valence electrons. The number of piperidine rings is 1. The minimum Gasteiger partial charge on any atom is -0.383 e. The van der Waals surface area contributed by atoms with E-state index in [1.807, 2.05) is 31.2 Å². The molecule has 0 saturated carbocycles. The number of nitrogens with zero attached hydrogens (tertiary/aromatic N) is 3. The highest BCUT2D eigenvalue weighted by atomic mass is 19.1. The molecule has 1 aliphatic heterocycles. The Morgan fingerprint density at radius 1 is 1.31 bits per heavy atom. The summed E-state index contributed by atoms with van der Waals surface area (Å²) in [4.78, 5) is 22.6. The Balaban J connectivity index is 1.91. The fraction of sp³-hybridized carbons (Fsp3) is 0.300. The van der Waals surface area contributed by atoms with Crippen LogP contribution in [0.5, 0.6) is 0 Å². The van der Waals surface area contributed by atoms with Crippen LogP contribution in [0.25, 0.3) is 5.70 Å². The summed E-state index contributed by atoms with van der Waals surface area (Å²) in [5.41, 5.74) is 9.33. The molecule has 0 spiro atoms. The van der Waals surface area contributed by atoms with Gasteiger partial charge in [-0.2, -0.15) is 0 Å². The molecule has 1 aromatic carbocycles.